The lowest BCUT2D eigenvalue weighted by molar-refractivity contribution is -0.385. The van der Waals surface area contributed by atoms with Gasteiger partial charge in [-0.15, -0.1) is 4.91 Å². The molecule has 0 aliphatic carbocycles. The van der Waals surface area contributed by atoms with Crippen molar-refractivity contribution >= 4 is 22.4 Å². The highest BCUT2D eigenvalue weighted by molar-refractivity contribution is 5.88. The molecule has 0 radical (unpaired) electrons. The van der Waals surface area contributed by atoms with Gasteiger partial charge in [0, 0.05) is 11.6 Å². The van der Waals surface area contributed by atoms with Crippen molar-refractivity contribution in [3.05, 3.63) is 57.0 Å². The van der Waals surface area contributed by atoms with Crippen LogP contribution in [-0.2, 0) is 11.2 Å². The molecule has 2 rings (SSSR count). The summed E-state index contributed by atoms with van der Waals surface area (Å²) in [4.78, 5) is 31.9. The topological polar surface area (TPSA) is 110 Å². The zero-order valence-corrected chi connectivity index (χ0v) is 10.9. The number of nitro benzene ring substituents is 1. The van der Waals surface area contributed by atoms with E-state index in [-0.39, 0.29) is 18.5 Å². The molecule has 0 heterocycles. The molecule has 1 unspecified atom stereocenters. The molecule has 1 N–H and O–H groups in total. The van der Waals surface area contributed by atoms with Gasteiger partial charge in [0.1, 0.15) is 0 Å². The van der Waals surface area contributed by atoms with Crippen LogP contribution < -0.4 is 0 Å². The quantitative estimate of drug-likeness (QED) is 0.499. The smallest absolute Gasteiger partial charge is 0.332 e. The van der Waals surface area contributed by atoms with Crippen LogP contribution in [0.5, 0.6) is 0 Å². The van der Waals surface area contributed by atoms with Crippen LogP contribution >= 0.6 is 0 Å². The number of hydrogen-bond acceptors (Lipinski definition) is 5. The van der Waals surface area contributed by atoms with Gasteiger partial charge < -0.3 is 5.11 Å². The normalized spacial score (nSPS) is 12.0. The van der Waals surface area contributed by atoms with Gasteiger partial charge in [0.15, 0.2) is 6.04 Å². The fourth-order valence-electron chi connectivity index (χ4n) is 2.26. The van der Waals surface area contributed by atoms with E-state index >= 15 is 0 Å². The van der Waals surface area contributed by atoms with Gasteiger partial charge in [-0.25, -0.2) is 4.79 Å². The maximum absolute atomic E-state index is 11.1. The zero-order chi connectivity index (χ0) is 15.4. The van der Waals surface area contributed by atoms with Gasteiger partial charge in [0.25, 0.3) is 5.69 Å². The summed E-state index contributed by atoms with van der Waals surface area (Å²) in [6.07, 6.45) is 0.0219. The number of aliphatic carboxylic acids is 1. The molecule has 0 aromatic heterocycles. The van der Waals surface area contributed by atoms with E-state index in [1.54, 1.807) is 18.2 Å². The van der Waals surface area contributed by atoms with Crippen LogP contribution in [-0.4, -0.2) is 22.0 Å². The maximum atomic E-state index is 11.1. The largest absolute Gasteiger partial charge is 0.480 e. The molecule has 2 aromatic carbocycles. The lowest BCUT2D eigenvalue weighted by Crippen LogP contribution is -2.18. The number of fused-ring (bicyclic) bond motifs is 1. The molecule has 21 heavy (non-hydrogen) atoms. The first-order valence-corrected chi connectivity index (χ1v) is 6.25. The van der Waals surface area contributed by atoms with E-state index in [2.05, 4.69) is 5.18 Å². The van der Waals surface area contributed by atoms with Gasteiger partial charge in [-0.05, 0) is 29.7 Å². The van der Waals surface area contributed by atoms with Crippen LogP contribution in [0.1, 0.15) is 12.0 Å². The van der Waals surface area contributed by atoms with Crippen molar-refractivity contribution < 1.29 is 14.8 Å². The number of carboxylic acids is 1. The summed E-state index contributed by atoms with van der Waals surface area (Å²) in [6.45, 7) is 0. The van der Waals surface area contributed by atoms with Crippen molar-refractivity contribution in [2.45, 2.75) is 18.9 Å². The van der Waals surface area contributed by atoms with Crippen LogP contribution in [0.2, 0.25) is 0 Å². The van der Waals surface area contributed by atoms with Crippen molar-refractivity contribution in [3.63, 3.8) is 0 Å². The summed E-state index contributed by atoms with van der Waals surface area (Å²) in [5, 5.41) is 24.0. The lowest BCUT2D eigenvalue weighted by Gasteiger charge is -2.08. The third kappa shape index (κ3) is 3.02. The van der Waals surface area contributed by atoms with E-state index in [0.717, 1.165) is 5.39 Å². The van der Waals surface area contributed by atoms with Crippen molar-refractivity contribution in [1.82, 2.24) is 0 Å². The second kappa shape index (κ2) is 6.08. The Kier molecular flexibility index (Phi) is 4.22. The first-order chi connectivity index (χ1) is 10.0. The third-order valence-electron chi connectivity index (χ3n) is 3.29. The van der Waals surface area contributed by atoms with Crippen molar-refractivity contribution in [3.8, 4) is 0 Å². The predicted molar refractivity (Wildman–Crippen MR) is 76.1 cm³/mol. The minimum atomic E-state index is -1.40. The molecule has 0 fully saturated rings. The second-order valence-electron chi connectivity index (χ2n) is 4.54. The summed E-state index contributed by atoms with van der Waals surface area (Å²) in [7, 11) is 0. The van der Waals surface area contributed by atoms with Crippen molar-refractivity contribution in [2.75, 3.05) is 0 Å². The summed E-state index contributed by atoms with van der Waals surface area (Å²) in [5.41, 5.74) is 0.344. The average Bonchev–Trinajstić information content (AvgIpc) is 2.47. The van der Waals surface area contributed by atoms with E-state index in [4.69, 9.17) is 5.11 Å². The highest BCUT2D eigenvalue weighted by Gasteiger charge is 2.22. The molecule has 0 saturated carbocycles. The molecule has 0 bridgehead atoms. The van der Waals surface area contributed by atoms with E-state index in [1.807, 2.05) is 12.1 Å². The van der Waals surface area contributed by atoms with Crippen LogP contribution in [0, 0.1) is 15.0 Å². The molecular weight excluding hydrogens is 276 g/mol. The Morgan fingerprint density at radius 3 is 2.62 bits per heavy atom. The molecule has 7 heteroatoms. The molecule has 0 amide bonds. The first-order valence-electron chi connectivity index (χ1n) is 6.25. The molecule has 0 aliphatic heterocycles. The molecular formula is C14H12N2O5. The van der Waals surface area contributed by atoms with Crippen LogP contribution in [0.15, 0.2) is 41.6 Å². The van der Waals surface area contributed by atoms with Crippen LogP contribution in [0.25, 0.3) is 10.8 Å². The Hall–Kier alpha value is -2.83. The number of nitroso groups, excluding NO2 is 1. The standard InChI is InChI=1S/C14H12N2O5/c17-14(18)12(15-19)7-6-11-10-4-2-1-3-9(10)5-8-13(11)16(20)21/h1-5,8,12H,6-7H2,(H,17,18). The third-order valence-corrected chi connectivity index (χ3v) is 3.29. The zero-order valence-electron chi connectivity index (χ0n) is 10.9. The molecule has 2 aromatic rings. The number of carbonyl (C=O) groups is 1. The number of benzene rings is 2. The predicted octanol–water partition coefficient (Wildman–Crippen LogP) is 2.90. The Morgan fingerprint density at radius 1 is 1.29 bits per heavy atom. The fraction of sp³-hybridized carbons (Fsp3) is 0.214. The highest BCUT2D eigenvalue weighted by Crippen LogP contribution is 2.29. The maximum Gasteiger partial charge on any atom is 0.332 e. The van der Waals surface area contributed by atoms with E-state index in [9.17, 15) is 19.8 Å². The van der Waals surface area contributed by atoms with Gasteiger partial charge in [-0.2, -0.15) is 0 Å². The van der Waals surface area contributed by atoms with Crippen molar-refractivity contribution in [2.24, 2.45) is 5.18 Å². The van der Waals surface area contributed by atoms with Crippen molar-refractivity contribution in [1.29, 1.82) is 0 Å². The van der Waals surface area contributed by atoms with Gasteiger partial charge in [0.05, 0.1) is 4.92 Å². The fourth-order valence-corrected chi connectivity index (χ4v) is 2.26. The van der Waals surface area contributed by atoms with E-state index < -0.39 is 16.9 Å². The van der Waals surface area contributed by atoms with Crippen LogP contribution in [0.4, 0.5) is 5.69 Å². The molecule has 0 aliphatic rings. The SMILES string of the molecule is O=NC(CCc1c([N+](=O)[O-])ccc2ccccc12)C(=O)O. The number of rotatable bonds is 6. The molecule has 0 spiro atoms. The lowest BCUT2D eigenvalue weighted by atomic mass is 9.97. The Bertz CT molecular complexity index is 714. The van der Waals surface area contributed by atoms with Gasteiger partial charge in [-0.3, -0.25) is 10.1 Å². The minimum absolute atomic E-state index is 0.0757. The van der Waals surface area contributed by atoms with Crippen LogP contribution in [0.3, 0.4) is 0 Å². The number of nitrogens with zero attached hydrogens (tertiary/aromatic N) is 2. The number of aryl methyl sites for hydroxylation is 1. The highest BCUT2D eigenvalue weighted by atomic mass is 16.6. The van der Waals surface area contributed by atoms with E-state index in [0.29, 0.717) is 10.9 Å². The van der Waals surface area contributed by atoms with Gasteiger partial charge >= 0.3 is 5.97 Å². The van der Waals surface area contributed by atoms with E-state index in [1.165, 1.54) is 6.07 Å². The van der Waals surface area contributed by atoms with Gasteiger partial charge in [-0.1, -0.05) is 29.4 Å². The second-order valence-corrected chi connectivity index (χ2v) is 4.54. The molecule has 1 atom stereocenters. The molecule has 108 valence electrons. The summed E-state index contributed by atoms with van der Waals surface area (Å²) >= 11 is 0. The number of hydrogen-bond donors (Lipinski definition) is 1. The molecule has 0 saturated heterocycles. The monoisotopic (exact) mass is 288 g/mol. The average molecular weight is 288 g/mol. The minimum Gasteiger partial charge on any atom is -0.480 e. The number of carboxylic acid groups (broad SMARTS) is 1. The molecule has 7 nitrogen and oxygen atoms in total. The summed E-state index contributed by atoms with van der Waals surface area (Å²) < 4.78 is 0. The summed E-state index contributed by atoms with van der Waals surface area (Å²) in [6, 6.07) is 8.75. The Balaban J connectivity index is 2.44. The Morgan fingerprint density at radius 2 is 2.00 bits per heavy atom. The Labute approximate surface area is 119 Å². The van der Waals surface area contributed by atoms with Gasteiger partial charge in [0.2, 0.25) is 0 Å². The number of nitro groups is 1. The summed E-state index contributed by atoms with van der Waals surface area (Å²) in [5.74, 6) is -1.33. The first kappa shape index (κ1) is 14.6.